The fraction of sp³-hybridized carbons (Fsp3) is 0.400. The van der Waals surface area contributed by atoms with E-state index in [0.717, 1.165) is 43.3 Å². The zero-order valence-corrected chi connectivity index (χ0v) is 19.0. The SMILES string of the molecule is Cn1cc(CN(C(=S)Nc2cccc(C(F)(F)F)c2)C2CCCCCC2)c2ccccc21. The van der Waals surface area contributed by atoms with Gasteiger partial charge >= 0.3 is 6.18 Å². The van der Waals surface area contributed by atoms with Crippen LogP contribution in [0.4, 0.5) is 18.9 Å². The number of aromatic nitrogens is 1. The van der Waals surface area contributed by atoms with Crippen molar-refractivity contribution in [2.45, 2.75) is 57.3 Å². The van der Waals surface area contributed by atoms with Crippen LogP contribution in [0, 0.1) is 0 Å². The van der Waals surface area contributed by atoms with E-state index in [1.165, 1.54) is 29.9 Å². The van der Waals surface area contributed by atoms with Gasteiger partial charge in [-0.2, -0.15) is 13.2 Å². The highest BCUT2D eigenvalue weighted by molar-refractivity contribution is 7.80. The highest BCUT2D eigenvalue weighted by Gasteiger charge is 2.31. The van der Waals surface area contributed by atoms with E-state index >= 15 is 0 Å². The van der Waals surface area contributed by atoms with Crippen molar-refractivity contribution in [3.63, 3.8) is 0 Å². The van der Waals surface area contributed by atoms with Crippen molar-refractivity contribution in [2.24, 2.45) is 7.05 Å². The number of anilines is 1. The van der Waals surface area contributed by atoms with Crippen LogP contribution >= 0.6 is 12.2 Å². The number of benzene rings is 2. The van der Waals surface area contributed by atoms with Crippen molar-refractivity contribution in [1.29, 1.82) is 0 Å². The van der Waals surface area contributed by atoms with Crippen LogP contribution < -0.4 is 5.32 Å². The van der Waals surface area contributed by atoms with Crippen molar-refractivity contribution in [2.75, 3.05) is 5.32 Å². The summed E-state index contributed by atoms with van der Waals surface area (Å²) in [6, 6.07) is 13.8. The number of aryl methyl sites for hydroxylation is 1. The Morgan fingerprint density at radius 2 is 1.78 bits per heavy atom. The first kappa shape index (κ1) is 22.6. The lowest BCUT2D eigenvalue weighted by Crippen LogP contribution is -2.42. The molecule has 0 atom stereocenters. The first-order chi connectivity index (χ1) is 15.3. The van der Waals surface area contributed by atoms with Crippen LogP contribution in [-0.4, -0.2) is 20.6 Å². The second kappa shape index (κ2) is 9.53. The molecular weight excluding hydrogens is 431 g/mol. The zero-order chi connectivity index (χ0) is 22.7. The van der Waals surface area contributed by atoms with Gasteiger partial charge in [-0.3, -0.25) is 0 Å². The number of hydrogen-bond acceptors (Lipinski definition) is 1. The normalized spacial score (nSPS) is 15.5. The molecule has 0 saturated heterocycles. The predicted molar refractivity (Wildman–Crippen MR) is 128 cm³/mol. The number of alkyl halides is 3. The van der Waals surface area contributed by atoms with E-state index in [0.29, 0.717) is 17.3 Å². The number of halogens is 3. The molecule has 7 heteroatoms. The standard InChI is InChI=1S/C25H28F3N3S/c1-30-16-18(22-13-6-7-14-23(22)30)17-31(21-11-4-2-3-5-12-21)24(32)29-20-10-8-9-19(15-20)25(26,27)28/h6-10,13-16,21H,2-5,11-12,17H2,1H3,(H,29,32). The van der Waals surface area contributed by atoms with E-state index in [2.05, 4.69) is 33.1 Å². The summed E-state index contributed by atoms with van der Waals surface area (Å²) in [5.41, 5.74) is 2.00. The molecule has 0 radical (unpaired) electrons. The van der Waals surface area contributed by atoms with Crippen LogP contribution in [0.2, 0.25) is 0 Å². The first-order valence-corrected chi connectivity index (χ1v) is 11.5. The van der Waals surface area contributed by atoms with Crippen LogP contribution in [-0.2, 0) is 19.8 Å². The summed E-state index contributed by atoms with van der Waals surface area (Å²) in [5, 5.41) is 4.75. The number of thiocarbonyl (C=S) groups is 1. The topological polar surface area (TPSA) is 20.2 Å². The number of para-hydroxylation sites is 1. The molecule has 1 N–H and O–H groups in total. The molecule has 1 aliphatic rings. The van der Waals surface area contributed by atoms with Gasteiger partial charge in [0.25, 0.3) is 0 Å². The third-order valence-electron chi connectivity index (χ3n) is 6.29. The summed E-state index contributed by atoms with van der Waals surface area (Å²) >= 11 is 5.77. The lowest BCUT2D eigenvalue weighted by Gasteiger charge is -2.34. The van der Waals surface area contributed by atoms with Crippen molar-refractivity contribution < 1.29 is 13.2 Å². The van der Waals surface area contributed by atoms with Gasteiger partial charge < -0.3 is 14.8 Å². The van der Waals surface area contributed by atoms with E-state index in [-0.39, 0.29) is 6.04 Å². The molecule has 2 aromatic carbocycles. The third-order valence-corrected chi connectivity index (χ3v) is 6.62. The molecule has 1 saturated carbocycles. The van der Waals surface area contributed by atoms with Gasteiger partial charge in [-0.15, -0.1) is 0 Å². The Hall–Kier alpha value is -2.54. The number of nitrogens with zero attached hydrogens (tertiary/aromatic N) is 2. The summed E-state index contributed by atoms with van der Waals surface area (Å²) in [6.45, 7) is 0.622. The average molecular weight is 460 g/mol. The first-order valence-electron chi connectivity index (χ1n) is 11.1. The van der Waals surface area contributed by atoms with E-state index in [4.69, 9.17) is 12.2 Å². The Morgan fingerprint density at radius 3 is 2.50 bits per heavy atom. The van der Waals surface area contributed by atoms with Crippen molar-refractivity contribution >= 4 is 33.9 Å². The van der Waals surface area contributed by atoms with Gasteiger partial charge in [0.05, 0.1) is 5.56 Å². The predicted octanol–water partition coefficient (Wildman–Crippen LogP) is 7.12. The largest absolute Gasteiger partial charge is 0.416 e. The van der Waals surface area contributed by atoms with E-state index in [1.807, 2.05) is 19.2 Å². The molecule has 1 aliphatic carbocycles. The monoisotopic (exact) mass is 459 g/mol. The Morgan fingerprint density at radius 1 is 1.06 bits per heavy atom. The zero-order valence-electron chi connectivity index (χ0n) is 18.2. The maximum atomic E-state index is 13.2. The lowest BCUT2D eigenvalue weighted by atomic mass is 10.1. The number of nitrogens with one attached hydrogen (secondary N) is 1. The molecule has 3 nitrogen and oxygen atoms in total. The van der Waals surface area contributed by atoms with Crippen LogP contribution in [0.3, 0.4) is 0 Å². The molecular formula is C25H28F3N3S. The number of fused-ring (bicyclic) bond motifs is 1. The summed E-state index contributed by atoms with van der Waals surface area (Å²) in [7, 11) is 2.03. The molecule has 3 aromatic rings. The van der Waals surface area contributed by atoms with Gasteiger partial charge in [0.1, 0.15) is 0 Å². The van der Waals surface area contributed by atoms with Crippen LogP contribution in [0.5, 0.6) is 0 Å². The quantitative estimate of drug-likeness (QED) is 0.331. The van der Waals surface area contributed by atoms with Gasteiger partial charge in [-0.25, -0.2) is 0 Å². The van der Waals surface area contributed by atoms with Gasteiger partial charge in [0, 0.05) is 42.4 Å². The Labute approximate surface area is 192 Å². The molecule has 4 rings (SSSR count). The Kier molecular flexibility index (Phi) is 6.74. The number of hydrogen-bond donors (Lipinski definition) is 1. The van der Waals surface area contributed by atoms with Crippen LogP contribution in [0.25, 0.3) is 10.9 Å². The molecule has 32 heavy (non-hydrogen) atoms. The van der Waals surface area contributed by atoms with Crippen LogP contribution in [0.1, 0.15) is 49.7 Å². The summed E-state index contributed by atoms with van der Waals surface area (Å²) in [4.78, 5) is 2.18. The highest BCUT2D eigenvalue weighted by atomic mass is 32.1. The lowest BCUT2D eigenvalue weighted by molar-refractivity contribution is -0.137. The van der Waals surface area contributed by atoms with E-state index in [9.17, 15) is 13.2 Å². The van der Waals surface area contributed by atoms with E-state index < -0.39 is 11.7 Å². The molecule has 170 valence electrons. The molecule has 0 aliphatic heterocycles. The molecule has 1 aromatic heterocycles. The van der Waals surface area contributed by atoms with E-state index in [1.54, 1.807) is 6.07 Å². The summed E-state index contributed by atoms with van der Waals surface area (Å²) in [5.74, 6) is 0. The minimum Gasteiger partial charge on any atom is -0.350 e. The molecule has 0 spiro atoms. The molecule has 0 bridgehead atoms. The Balaban J connectivity index is 1.62. The maximum Gasteiger partial charge on any atom is 0.416 e. The fourth-order valence-corrected chi connectivity index (χ4v) is 4.97. The van der Waals surface area contributed by atoms with Crippen molar-refractivity contribution in [1.82, 2.24) is 9.47 Å². The smallest absolute Gasteiger partial charge is 0.350 e. The average Bonchev–Trinajstić information content (AvgIpc) is 2.93. The van der Waals surface area contributed by atoms with Crippen molar-refractivity contribution in [3.8, 4) is 0 Å². The second-order valence-corrected chi connectivity index (χ2v) is 8.95. The van der Waals surface area contributed by atoms with Gasteiger partial charge in [-0.05, 0) is 54.9 Å². The molecule has 1 fully saturated rings. The van der Waals surface area contributed by atoms with Crippen molar-refractivity contribution in [3.05, 3.63) is 65.9 Å². The van der Waals surface area contributed by atoms with Gasteiger partial charge in [0.15, 0.2) is 5.11 Å². The maximum absolute atomic E-state index is 13.2. The van der Waals surface area contributed by atoms with Gasteiger partial charge in [0.2, 0.25) is 0 Å². The summed E-state index contributed by atoms with van der Waals surface area (Å²) in [6.07, 6.45) is 4.53. The van der Waals surface area contributed by atoms with Crippen LogP contribution in [0.15, 0.2) is 54.7 Å². The minimum atomic E-state index is -4.39. The Bertz CT molecular complexity index is 1080. The summed E-state index contributed by atoms with van der Waals surface area (Å²) < 4.78 is 41.6. The molecule has 0 amide bonds. The van der Waals surface area contributed by atoms with Gasteiger partial charge in [-0.1, -0.05) is 49.9 Å². The fourth-order valence-electron chi connectivity index (χ4n) is 4.64. The minimum absolute atomic E-state index is 0.266. The molecule has 1 heterocycles. The molecule has 0 unspecified atom stereocenters. The third kappa shape index (κ3) is 5.09. The highest BCUT2D eigenvalue weighted by Crippen LogP contribution is 2.31. The second-order valence-electron chi connectivity index (χ2n) is 8.56. The number of rotatable bonds is 4.